The second-order valence-corrected chi connectivity index (χ2v) is 7.08. The van der Waals surface area contributed by atoms with Crippen molar-refractivity contribution in [3.05, 3.63) is 29.3 Å². The molecule has 7 nitrogen and oxygen atoms in total. The van der Waals surface area contributed by atoms with Gasteiger partial charge in [-0.25, -0.2) is 14.4 Å². The quantitative estimate of drug-likeness (QED) is 0.412. The van der Waals surface area contributed by atoms with E-state index >= 15 is 0 Å². The fourth-order valence-corrected chi connectivity index (χ4v) is 2.83. The highest BCUT2D eigenvalue weighted by Crippen LogP contribution is 2.27. The lowest BCUT2D eigenvalue weighted by Gasteiger charge is -2.23. The topological polar surface area (TPSA) is 99.1 Å². The zero-order valence-corrected chi connectivity index (χ0v) is 17.9. The maximum atomic E-state index is 13.0. The summed E-state index contributed by atoms with van der Waals surface area (Å²) in [6.45, 7) is 6.94. The first-order chi connectivity index (χ1) is 13.8. The van der Waals surface area contributed by atoms with Crippen LogP contribution in [0.25, 0.3) is 0 Å². The van der Waals surface area contributed by atoms with E-state index < -0.39 is 30.1 Å². The van der Waals surface area contributed by atoms with Crippen LogP contribution in [0.4, 0.5) is 0 Å². The molecule has 0 saturated heterocycles. The van der Waals surface area contributed by atoms with Crippen molar-refractivity contribution in [1.29, 1.82) is 0 Å². The number of benzene rings is 1. The van der Waals surface area contributed by atoms with Crippen LogP contribution in [0.15, 0.2) is 18.2 Å². The van der Waals surface area contributed by atoms with Gasteiger partial charge in [-0.1, -0.05) is 45.7 Å². The number of carboxylic acids is 1. The van der Waals surface area contributed by atoms with Gasteiger partial charge in [0.1, 0.15) is 11.3 Å². The molecule has 0 aliphatic carbocycles. The maximum absolute atomic E-state index is 13.0. The van der Waals surface area contributed by atoms with E-state index in [0.717, 1.165) is 24.8 Å². The Bertz CT molecular complexity index is 698. The Morgan fingerprint density at radius 2 is 1.76 bits per heavy atom. The number of carbonyl (C=O) groups excluding carboxylic acids is 2. The van der Waals surface area contributed by atoms with Gasteiger partial charge in [-0.2, -0.15) is 0 Å². The van der Waals surface area contributed by atoms with Crippen molar-refractivity contribution in [2.24, 2.45) is 5.92 Å². The third-order valence-corrected chi connectivity index (χ3v) is 4.85. The first-order valence-electron chi connectivity index (χ1n) is 10.1. The molecule has 1 rings (SSSR count). The Balaban J connectivity index is 3.13. The van der Waals surface area contributed by atoms with E-state index in [-0.39, 0.29) is 5.92 Å². The van der Waals surface area contributed by atoms with E-state index in [1.54, 1.807) is 13.0 Å². The molecule has 0 aliphatic rings. The standard InChI is InChI=1S/C22H32O7/c1-6-8-9-11-16-12-10-13-17(27-5)18(16)21(25)29-19(14(3)7-2)22(26)28-15(4)20(23)24/h10,12-15,19H,6-9,11H2,1-5H3,(H,23,24)/t14-,15-,19+/m0/s1. The molecular formula is C22H32O7. The molecule has 0 aromatic heterocycles. The van der Waals surface area contributed by atoms with Crippen molar-refractivity contribution >= 4 is 17.9 Å². The Morgan fingerprint density at radius 1 is 1.07 bits per heavy atom. The summed E-state index contributed by atoms with van der Waals surface area (Å²) in [5, 5.41) is 8.97. The number of hydrogen-bond donors (Lipinski definition) is 1. The second kappa shape index (κ2) is 12.1. The highest BCUT2D eigenvalue weighted by Gasteiger charge is 2.33. The first-order valence-corrected chi connectivity index (χ1v) is 10.1. The van der Waals surface area contributed by atoms with Gasteiger partial charge >= 0.3 is 17.9 Å². The number of aryl methyl sites for hydroxylation is 1. The van der Waals surface area contributed by atoms with Gasteiger partial charge in [-0.05, 0) is 37.8 Å². The monoisotopic (exact) mass is 408 g/mol. The van der Waals surface area contributed by atoms with Crippen LogP contribution in [-0.4, -0.2) is 42.3 Å². The Morgan fingerprint density at radius 3 is 2.31 bits per heavy atom. The van der Waals surface area contributed by atoms with Gasteiger partial charge in [0, 0.05) is 5.92 Å². The Hall–Kier alpha value is -2.57. The number of unbranched alkanes of at least 4 members (excludes halogenated alkanes) is 2. The number of carboxylic acid groups (broad SMARTS) is 1. The molecule has 7 heteroatoms. The number of methoxy groups -OCH3 is 1. The molecule has 1 aromatic rings. The Labute approximate surface area is 172 Å². The summed E-state index contributed by atoms with van der Waals surface area (Å²) in [4.78, 5) is 36.5. The molecule has 0 amide bonds. The largest absolute Gasteiger partial charge is 0.496 e. The summed E-state index contributed by atoms with van der Waals surface area (Å²) in [7, 11) is 1.47. The number of aliphatic carboxylic acids is 1. The van der Waals surface area contributed by atoms with Crippen LogP contribution in [-0.2, 0) is 25.5 Å². The molecule has 0 aliphatic heterocycles. The molecule has 0 heterocycles. The van der Waals surface area contributed by atoms with Crippen LogP contribution in [0.2, 0.25) is 0 Å². The number of rotatable bonds is 12. The normalized spacial score (nSPS) is 13.8. The van der Waals surface area contributed by atoms with Crippen LogP contribution < -0.4 is 4.74 Å². The highest BCUT2D eigenvalue weighted by atomic mass is 16.6. The van der Waals surface area contributed by atoms with Crippen LogP contribution in [0.1, 0.15) is 69.3 Å². The number of esters is 2. The van der Waals surface area contributed by atoms with Crippen molar-refractivity contribution in [3.63, 3.8) is 0 Å². The predicted molar refractivity (Wildman–Crippen MR) is 108 cm³/mol. The molecule has 29 heavy (non-hydrogen) atoms. The molecule has 0 unspecified atom stereocenters. The molecule has 0 fully saturated rings. The summed E-state index contributed by atoms with van der Waals surface area (Å²) in [5.74, 6) is -2.79. The van der Waals surface area contributed by atoms with Crippen LogP contribution in [0, 0.1) is 5.92 Å². The van der Waals surface area contributed by atoms with Crippen LogP contribution in [0.3, 0.4) is 0 Å². The van der Waals surface area contributed by atoms with Crippen LogP contribution >= 0.6 is 0 Å². The minimum atomic E-state index is -1.33. The average Bonchev–Trinajstić information content (AvgIpc) is 2.70. The summed E-state index contributed by atoms with van der Waals surface area (Å²) in [5.41, 5.74) is 1.08. The third kappa shape index (κ3) is 7.07. The molecule has 162 valence electrons. The SMILES string of the molecule is CCCCCc1cccc(OC)c1C(=O)O[C@@H](C(=O)O[C@@H](C)C(=O)O)[C@@H](C)CC. The smallest absolute Gasteiger partial charge is 0.348 e. The minimum Gasteiger partial charge on any atom is -0.496 e. The van der Waals surface area contributed by atoms with Gasteiger partial charge in [0.05, 0.1) is 7.11 Å². The summed E-state index contributed by atoms with van der Waals surface area (Å²) < 4.78 is 15.8. The van der Waals surface area contributed by atoms with E-state index in [4.69, 9.17) is 19.3 Å². The molecule has 0 spiro atoms. The summed E-state index contributed by atoms with van der Waals surface area (Å²) in [6.07, 6.45) is 1.69. The molecule has 0 saturated carbocycles. The molecule has 0 radical (unpaired) electrons. The van der Waals surface area contributed by atoms with E-state index in [1.807, 2.05) is 19.1 Å². The zero-order chi connectivity index (χ0) is 22.0. The number of hydrogen-bond acceptors (Lipinski definition) is 6. The molecule has 1 N–H and O–H groups in total. The predicted octanol–water partition coefficient (Wildman–Crippen LogP) is 4.02. The fourth-order valence-electron chi connectivity index (χ4n) is 2.83. The molecular weight excluding hydrogens is 376 g/mol. The van der Waals surface area contributed by atoms with Gasteiger partial charge < -0.3 is 19.3 Å². The summed E-state index contributed by atoms with van der Waals surface area (Å²) in [6, 6.07) is 5.33. The molecule has 3 atom stereocenters. The minimum absolute atomic E-state index is 0.290. The second-order valence-electron chi connectivity index (χ2n) is 7.08. The number of ether oxygens (including phenoxy) is 3. The van der Waals surface area contributed by atoms with E-state index in [2.05, 4.69) is 6.92 Å². The van der Waals surface area contributed by atoms with E-state index in [0.29, 0.717) is 24.2 Å². The molecule has 1 aromatic carbocycles. The van der Waals surface area contributed by atoms with Crippen molar-refractivity contribution in [1.82, 2.24) is 0 Å². The van der Waals surface area contributed by atoms with Crippen molar-refractivity contribution in [2.45, 2.75) is 72.0 Å². The van der Waals surface area contributed by atoms with Gasteiger partial charge in [0.15, 0.2) is 6.10 Å². The average molecular weight is 408 g/mol. The maximum Gasteiger partial charge on any atom is 0.348 e. The van der Waals surface area contributed by atoms with Crippen molar-refractivity contribution < 1.29 is 33.7 Å². The lowest BCUT2D eigenvalue weighted by molar-refractivity contribution is -0.171. The number of carbonyl (C=O) groups is 3. The fraction of sp³-hybridized carbons (Fsp3) is 0.591. The third-order valence-electron chi connectivity index (χ3n) is 4.85. The lowest BCUT2D eigenvalue weighted by Crippen LogP contribution is -2.38. The zero-order valence-electron chi connectivity index (χ0n) is 17.9. The molecule has 0 bridgehead atoms. The first kappa shape index (κ1) is 24.5. The van der Waals surface area contributed by atoms with E-state index in [9.17, 15) is 14.4 Å². The lowest BCUT2D eigenvalue weighted by atomic mass is 9.99. The summed E-state index contributed by atoms with van der Waals surface area (Å²) >= 11 is 0. The Kier molecular flexibility index (Phi) is 10.2. The van der Waals surface area contributed by atoms with Gasteiger partial charge in [0.2, 0.25) is 6.10 Å². The van der Waals surface area contributed by atoms with Gasteiger partial charge in [-0.15, -0.1) is 0 Å². The van der Waals surface area contributed by atoms with Crippen molar-refractivity contribution in [3.8, 4) is 5.75 Å². The highest BCUT2D eigenvalue weighted by molar-refractivity contribution is 5.96. The van der Waals surface area contributed by atoms with Crippen LogP contribution in [0.5, 0.6) is 5.75 Å². The van der Waals surface area contributed by atoms with E-state index in [1.165, 1.54) is 14.0 Å². The van der Waals surface area contributed by atoms with Crippen molar-refractivity contribution in [2.75, 3.05) is 7.11 Å². The van der Waals surface area contributed by atoms with Gasteiger partial charge in [0.25, 0.3) is 0 Å². The van der Waals surface area contributed by atoms with Gasteiger partial charge in [-0.3, -0.25) is 0 Å².